The van der Waals surface area contributed by atoms with E-state index in [-0.39, 0.29) is 18.1 Å². The molecule has 2 aromatic rings. The number of halogens is 1. The van der Waals surface area contributed by atoms with Gasteiger partial charge in [0.1, 0.15) is 5.82 Å². The molecule has 1 atom stereocenters. The number of nitrogens with zero attached hydrogens (tertiary/aromatic N) is 2. The molecule has 1 unspecified atom stereocenters. The maximum atomic E-state index is 12.3. The molecule has 0 saturated carbocycles. The Morgan fingerprint density at radius 3 is 2.56 bits per heavy atom. The van der Waals surface area contributed by atoms with Gasteiger partial charge in [-0.05, 0) is 49.6 Å². The Balaban J connectivity index is 1.45. The topological polar surface area (TPSA) is 57.3 Å². The van der Waals surface area contributed by atoms with Crippen LogP contribution in [0.3, 0.4) is 0 Å². The van der Waals surface area contributed by atoms with Gasteiger partial charge in [0.05, 0.1) is 6.04 Å². The third-order valence-electron chi connectivity index (χ3n) is 4.52. The summed E-state index contributed by atoms with van der Waals surface area (Å²) in [6.07, 6.45) is 3.67. The quantitative estimate of drug-likeness (QED) is 0.815. The molecule has 1 aliphatic rings. The van der Waals surface area contributed by atoms with Gasteiger partial charge in [0.25, 0.3) is 0 Å². The minimum absolute atomic E-state index is 0.0262. The van der Waals surface area contributed by atoms with Crippen molar-refractivity contribution in [3.05, 3.63) is 58.7 Å². The third kappa shape index (κ3) is 4.95. The first-order valence-electron chi connectivity index (χ1n) is 8.60. The van der Waals surface area contributed by atoms with Crippen molar-refractivity contribution in [3.63, 3.8) is 0 Å². The van der Waals surface area contributed by atoms with Gasteiger partial charge in [-0.3, -0.25) is 0 Å². The minimum Gasteiger partial charge on any atom is -0.356 e. The number of rotatable bonds is 4. The molecule has 2 amide bonds. The molecular formula is C19H23BrN4O. The number of carbonyl (C=O) groups excluding carboxylic acids is 1. The fraction of sp³-hybridized carbons (Fsp3) is 0.368. The molecule has 0 bridgehead atoms. The number of carbonyl (C=O) groups is 1. The van der Waals surface area contributed by atoms with Crippen LogP contribution < -0.4 is 15.5 Å². The molecule has 0 aliphatic carbocycles. The van der Waals surface area contributed by atoms with Crippen LogP contribution in [0, 0.1) is 0 Å². The van der Waals surface area contributed by atoms with Crippen LogP contribution in [-0.4, -0.2) is 30.1 Å². The standard InChI is InChI=1S/C19H23BrN4O/c1-14(15-5-7-16(20)8-6-15)22-19(25)23-17-9-12-24(13-10-17)18-4-2-3-11-21-18/h2-8,11,14,17H,9-10,12-13H2,1H3,(H2,22,23,25). The molecule has 5 nitrogen and oxygen atoms in total. The van der Waals surface area contributed by atoms with E-state index in [9.17, 15) is 4.79 Å². The summed E-state index contributed by atoms with van der Waals surface area (Å²) in [6.45, 7) is 3.81. The minimum atomic E-state index is -0.105. The van der Waals surface area contributed by atoms with Crippen LogP contribution in [0.2, 0.25) is 0 Å². The molecule has 2 N–H and O–H groups in total. The van der Waals surface area contributed by atoms with Crippen molar-refractivity contribution in [1.82, 2.24) is 15.6 Å². The second-order valence-corrected chi connectivity index (χ2v) is 7.26. The average Bonchev–Trinajstić information content (AvgIpc) is 2.63. The van der Waals surface area contributed by atoms with E-state index in [1.165, 1.54) is 0 Å². The maximum Gasteiger partial charge on any atom is 0.315 e. The second kappa shape index (κ2) is 8.34. The van der Waals surface area contributed by atoms with E-state index < -0.39 is 0 Å². The fourth-order valence-electron chi connectivity index (χ4n) is 3.05. The zero-order chi connectivity index (χ0) is 17.6. The van der Waals surface area contributed by atoms with E-state index in [1.54, 1.807) is 0 Å². The van der Waals surface area contributed by atoms with Crippen molar-refractivity contribution in [1.29, 1.82) is 0 Å². The van der Waals surface area contributed by atoms with E-state index in [0.29, 0.717) is 0 Å². The summed E-state index contributed by atoms with van der Waals surface area (Å²) in [5.41, 5.74) is 1.09. The number of nitrogens with one attached hydrogen (secondary N) is 2. The lowest BCUT2D eigenvalue weighted by atomic mass is 10.1. The van der Waals surface area contributed by atoms with Gasteiger partial charge in [0.2, 0.25) is 0 Å². The fourth-order valence-corrected chi connectivity index (χ4v) is 3.32. The first kappa shape index (κ1) is 17.7. The molecule has 3 rings (SSSR count). The Bertz CT molecular complexity index is 684. The number of piperidine rings is 1. The van der Waals surface area contributed by atoms with Crippen LogP contribution in [-0.2, 0) is 0 Å². The van der Waals surface area contributed by atoms with Crippen LogP contribution in [0.1, 0.15) is 31.4 Å². The van der Waals surface area contributed by atoms with Gasteiger partial charge < -0.3 is 15.5 Å². The highest BCUT2D eigenvalue weighted by Gasteiger charge is 2.22. The highest BCUT2D eigenvalue weighted by atomic mass is 79.9. The van der Waals surface area contributed by atoms with Gasteiger partial charge in [0, 0.05) is 29.8 Å². The van der Waals surface area contributed by atoms with Gasteiger partial charge in [-0.15, -0.1) is 0 Å². The molecule has 25 heavy (non-hydrogen) atoms. The van der Waals surface area contributed by atoms with Crippen LogP contribution in [0.5, 0.6) is 0 Å². The molecule has 1 fully saturated rings. The van der Waals surface area contributed by atoms with Crippen LogP contribution >= 0.6 is 15.9 Å². The highest BCUT2D eigenvalue weighted by Crippen LogP contribution is 2.18. The van der Waals surface area contributed by atoms with Gasteiger partial charge in [-0.1, -0.05) is 34.1 Å². The zero-order valence-corrected chi connectivity index (χ0v) is 15.9. The monoisotopic (exact) mass is 402 g/mol. The first-order valence-corrected chi connectivity index (χ1v) is 9.39. The molecule has 132 valence electrons. The van der Waals surface area contributed by atoms with Crippen molar-refractivity contribution in [2.75, 3.05) is 18.0 Å². The summed E-state index contributed by atoms with van der Waals surface area (Å²) >= 11 is 3.42. The van der Waals surface area contributed by atoms with Gasteiger partial charge in [-0.25, -0.2) is 9.78 Å². The molecule has 0 radical (unpaired) electrons. The average molecular weight is 403 g/mol. The van der Waals surface area contributed by atoms with Gasteiger partial charge in [-0.2, -0.15) is 0 Å². The number of hydrogen-bond acceptors (Lipinski definition) is 3. The van der Waals surface area contributed by atoms with Crippen molar-refractivity contribution in [2.24, 2.45) is 0 Å². The Labute approximate surface area is 157 Å². The second-order valence-electron chi connectivity index (χ2n) is 6.34. The summed E-state index contributed by atoms with van der Waals surface area (Å²) in [7, 11) is 0. The SMILES string of the molecule is CC(NC(=O)NC1CCN(c2ccccn2)CC1)c1ccc(Br)cc1. The molecule has 6 heteroatoms. The van der Waals surface area contributed by atoms with Crippen LogP contribution in [0.25, 0.3) is 0 Å². The van der Waals surface area contributed by atoms with Crippen LogP contribution in [0.15, 0.2) is 53.1 Å². The van der Waals surface area contributed by atoms with E-state index in [1.807, 2.05) is 55.6 Å². The lowest BCUT2D eigenvalue weighted by Crippen LogP contribution is -2.48. The number of aromatic nitrogens is 1. The molecule has 1 aromatic heterocycles. The number of hydrogen-bond donors (Lipinski definition) is 2. The van der Waals surface area contributed by atoms with Crippen molar-refractivity contribution in [3.8, 4) is 0 Å². The van der Waals surface area contributed by atoms with Gasteiger partial charge >= 0.3 is 6.03 Å². The summed E-state index contributed by atoms with van der Waals surface area (Å²) in [4.78, 5) is 18.9. The van der Waals surface area contributed by atoms with E-state index >= 15 is 0 Å². The van der Waals surface area contributed by atoms with Crippen molar-refractivity contribution < 1.29 is 4.79 Å². The molecule has 2 heterocycles. The maximum absolute atomic E-state index is 12.3. The zero-order valence-electron chi connectivity index (χ0n) is 14.3. The number of pyridine rings is 1. The molecule has 1 saturated heterocycles. The van der Waals surface area contributed by atoms with E-state index in [0.717, 1.165) is 41.8 Å². The number of anilines is 1. The summed E-state index contributed by atoms with van der Waals surface area (Å²) < 4.78 is 1.03. The van der Waals surface area contributed by atoms with Gasteiger partial charge in [0.15, 0.2) is 0 Å². The van der Waals surface area contributed by atoms with Crippen LogP contribution in [0.4, 0.5) is 10.6 Å². The normalized spacial score (nSPS) is 16.3. The summed E-state index contributed by atoms with van der Waals surface area (Å²) in [6, 6.07) is 14.0. The number of benzene rings is 1. The lowest BCUT2D eigenvalue weighted by Gasteiger charge is -2.33. The first-order chi connectivity index (χ1) is 12.1. The number of amides is 2. The Kier molecular flexibility index (Phi) is 5.91. The summed E-state index contributed by atoms with van der Waals surface area (Å²) in [5.74, 6) is 1.01. The Morgan fingerprint density at radius 1 is 1.20 bits per heavy atom. The molecule has 1 aliphatic heterocycles. The van der Waals surface area contributed by atoms with E-state index in [4.69, 9.17) is 0 Å². The van der Waals surface area contributed by atoms with Crippen molar-refractivity contribution >= 4 is 27.8 Å². The smallest absolute Gasteiger partial charge is 0.315 e. The third-order valence-corrected chi connectivity index (χ3v) is 5.05. The predicted molar refractivity (Wildman–Crippen MR) is 104 cm³/mol. The molecular weight excluding hydrogens is 380 g/mol. The number of urea groups is 1. The van der Waals surface area contributed by atoms with E-state index in [2.05, 4.69) is 36.4 Å². The molecule has 1 aromatic carbocycles. The van der Waals surface area contributed by atoms with Crippen molar-refractivity contribution in [2.45, 2.75) is 31.8 Å². The Morgan fingerprint density at radius 2 is 1.92 bits per heavy atom. The Hall–Kier alpha value is -2.08. The summed E-state index contributed by atoms with van der Waals surface area (Å²) in [5, 5.41) is 6.11. The lowest BCUT2D eigenvalue weighted by molar-refractivity contribution is 0.231. The largest absolute Gasteiger partial charge is 0.356 e. The predicted octanol–water partition coefficient (Wildman–Crippen LogP) is 3.87. The molecule has 0 spiro atoms. The highest BCUT2D eigenvalue weighted by molar-refractivity contribution is 9.10.